The van der Waals surface area contributed by atoms with E-state index in [4.69, 9.17) is 0 Å². The molecule has 146 valence electrons. The predicted octanol–water partition coefficient (Wildman–Crippen LogP) is 3.22. The summed E-state index contributed by atoms with van der Waals surface area (Å²) in [5.74, 6) is -0.198. The van der Waals surface area contributed by atoms with Crippen molar-refractivity contribution in [3.05, 3.63) is 52.6 Å². The molecule has 1 amide bonds. The fourth-order valence-corrected chi connectivity index (χ4v) is 3.58. The number of rotatable bonds is 6. The highest BCUT2D eigenvalue weighted by Crippen LogP contribution is 2.25. The first-order valence-corrected chi connectivity index (χ1v) is 10.1. The minimum absolute atomic E-state index is 0.0403. The summed E-state index contributed by atoms with van der Waals surface area (Å²) in [6.45, 7) is 7.79. The van der Waals surface area contributed by atoms with E-state index in [9.17, 15) is 13.2 Å². The molecule has 0 heterocycles. The van der Waals surface area contributed by atoms with Crippen LogP contribution in [0.4, 0.5) is 11.4 Å². The molecule has 2 rings (SSSR count). The van der Waals surface area contributed by atoms with Crippen molar-refractivity contribution in [3.8, 4) is 0 Å². The zero-order chi connectivity index (χ0) is 20.4. The molecule has 2 aromatic rings. The van der Waals surface area contributed by atoms with Crippen LogP contribution in [0.1, 0.15) is 22.3 Å². The van der Waals surface area contributed by atoms with Crippen molar-refractivity contribution in [1.29, 1.82) is 0 Å². The molecular weight excluding hydrogens is 362 g/mol. The van der Waals surface area contributed by atoms with Crippen molar-refractivity contribution in [2.45, 2.75) is 32.6 Å². The van der Waals surface area contributed by atoms with E-state index < -0.39 is 10.0 Å². The van der Waals surface area contributed by atoms with Crippen LogP contribution in [0, 0.1) is 27.7 Å². The highest BCUT2D eigenvalue weighted by Gasteiger charge is 2.19. The number of sulfonamides is 1. The number of anilines is 2. The molecule has 0 atom stereocenters. The molecule has 0 saturated heterocycles. The van der Waals surface area contributed by atoms with Gasteiger partial charge in [0.2, 0.25) is 15.9 Å². The summed E-state index contributed by atoms with van der Waals surface area (Å²) in [5, 5.41) is 5.91. The number of nitrogens with zero attached hydrogens (tertiary/aromatic N) is 1. The molecule has 7 heteroatoms. The monoisotopic (exact) mass is 389 g/mol. The van der Waals surface area contributed by atoms with E-state index in [0.717, 1.165) is 27.9 Å². The zero-order valence-corrected chi connectivity index (χ0v) is 17.5. The van der Waals surface area contributed by atoms with E-state index >= 15 is 0 Å². The van der Waals surface area contributed by atoms with Gasteiger partial charge in [-0.15, -0.1) is 0 Å². The Balaban J connectivity index is 2.16. The van der Waals surface area contributed by atoms with Crippen molar-refractivity contribution in [1.82, 2.24) is 4.31 Å². The Bertz CT molecular complexity index is 967. The van der Waals surface area contributed by atoms with Gasteiger partial charge in [0.15, 0.2) is 0 Å². The summed E-state index contributed by atoms with van der Waals surface area (Å²) in [5.41, 5.74) is 5.39. The molecule has 0 radical (unpaired) electrons. The standard InChI is InChI=1S/C20H27N3O3S/c1-13-7-8-17(9-14(13)2)22-20(24)12-21-19-11-18(10-15(3)16(19)4)27(25,26)23(5)6/h7-11,21H,12H2,1-6H3,(H,22,24). The van der Waals surface area contributed by atoms with Crippen molar-refractivity contribution >= 4 is 27.3 Å². The van der Waals surface area contributed by atoms with Crippen LogP contribution >= 0.6 is 0 Å². The lowest BCUT2D eigenvalue weighted by Crippen LogP contribution is -2.24. The second-order valence-electron chi connectivity index (χ2n) is 6.90. The molecule has 0 spiro atoms. The number of amides is 1. The Kier molecular flexibility index (Phi) is 6.28. The molecule has 0 aliphatic heterocycles. The van der Waals surface area contributed by atoms with Crippen molar-refractivity contribution in [3.63, 3.8) is 0 Å². The fraction of sp³-hybridized carbons (Fsp3) is 0.350. The Labute approximate surface area is 161 Å². The maximum Gasteiger partial charge on any atom is 0.243 e. The topological polar surface area (TPSA) is 78.5 Å². The Morgan fingerprint density at radius 3 is 2.22 bits per heavy atom. The lowest BCUT2D eigenvalue weighted by Gasteiger charge is -2.17. The number of carbonyl (C=O) groups is 1. The van der Waals surface area contributed by atoms with Gasteiger partial charge in [0.25, 0.3) is 0 Å². The molecular formula is C20H27N3O3S. The quantitative estimate of drug-likeness (QED) is 0.795. The largest absolute Gasteiger partial charge is 0.376 e. The van der Waals surface area contributed by atoms with E-state index in [0.29, 0.717) is 5.69 Å². The lowest BCUT2D eigenvalue weighted by atomic mass is 10.1. The highest BCUT2D eigenvalue weighted by atomic mass is 32.2. The van der Waals surface area contributed by atoms with Crippen LogP contribution in [-0.2, 0) is 14.8 Å². The summed E-state index contributed by atoms with van der Waals surface area (Å²) in [6, 6.07) is 8.96. The second kappa shape index (κ2) is 8.10. The fourth-order valence-electron chi connectivity index (χ4n) is 2.57. The second-order valence-corrected chi connectivity index (χ2v) is 9.05. The highest BCUT2D eigenvalue weighted by molar-refractivity contribution is 7.89. The number of hydrogen-bond donors (Lipinski definition) is 2. The number of hydrogen-bond acceptors (Lipinski definition) is 4. The molecule has 27 heavy (non-hydrogen) atoms. The predicted molar refractivity (Wildman–Crippen MR) is 110 cm³/mol. The molecule has 0 fully saturated rings. The van der Waals surface area contributed by atoms with Gasteiger partial charge in [-0.25, -0.2) is 12.7 Å². The van der Waals surface area contributed by atoms with Crippen LogP contribution in [0.5, 0.6) is 0 Å². The molecule has 2 N–H and O–H groups in total. The number of benzene rings is 2. The molecule has 0 unspecified atom stereocenters. The lowest BCUT2D eigenvalue weighted by molar-refractivity contribution is -0.114. The third-order valence-corrected chi connectivity index (χ3v) is 6.44. The first-order chi connectivity index (χ1) is 12.5. The average Bonchev–Trinajstić information content (AvgIpc) is 2.59. The molecule has 6 nitrogen and oxygen atoms in total. The maximum atomic E-state index is 12.4. The van der Waals surface area contributed by atoms with Crippen LogP contribution in [0.2, 0.25) is 0 Å². The smallest absolute Gasteiger partial charge is 0.243 e. The molecule has 2 aromatic carbocycles. The summed E-state index contributed by atoms with van der Waals surface area (Å²) in [7, 11) is -0.552. The Morgan fingerprint density at radius 2 is 1.63 bits per heavy atom. The van der Waals surface area contributed by atoms with Gasteiger partial charge in [-0.1, -0.05) is 6.07 Å². The van der Waals surface area contributed by atoms with E-state index in [1.54, 1.807) is 12.1 Å². The molecule has 0 aromatic heterocycles. The minimum atomic E-state index is -3.54. The van der Waals surface area contributed by atoms with Crippen LogP contribution in [-0.4, -0.2) is 39.3 Å². The van der Waals surface area contributed by atoms with Crippen LogP contribution in [0.3, 0.4) is 0 Å². The summed E-state index contributed by atoms with van der Waals surface area (Å²) in [4.78, 5) is 12.5. The van der Waals surface area contributed by atoms with Gasteiger partial charge in [0, 0.05) is 25.5 Å². The van der Waals surface area contributed by atoms with E-state index in [2.05, 4.69) is 10.6 Å². The van der Waals surface area contributed by atoms with Gasteiger partial charge in [-0.2, -0.15) is 0 Å². The summed E-state index contributed by atoms with van der Waals surface area (Å²) in [6.07, 6.45) is 0. The van der Waals surface area contributed by atoms with E-state index in [-0.39, 0.29) is 17.3 Å². The van der Waals surface area contributed by atoms with Gasteiger partial charge in [0.05, 0.1) is 11.4 Å². The van der Waals surface area contributed by atoms with Gasteiger partial charge < -0.3 is 10.6 Å². The normalized spacial score (nSPS) is 11.5. The maximum absolute atomic E-state index is 12.4. The Morgan fingerprint density at radius 1 is 0.963 bits per heavy atom. The minimum Gasteiger partial charge on any atom is -0.376 e. The first-order valence-electron chi connectivity index (χ1n) is 8.67. The third kappa shape index (κ3) is 4.87. The number of carbonyl (C=O) groups excluding carboxylic acids is 1. The van der Waals surface area contributed by atoms with Gasteiger partial charge in [-0.3, -0.25) is 4.79 Å². The molecule has 0 aliphatic rings. The molecule has 0 saturated carbocycles. The van der Waals surface area contributed by atoms with Crippen LogP contribution in [0.25, 0.3) is 0 Å². The summed E-state index contributed by atoms with van der Waals surface area (Å²) < 4.78 is 26.0. The van der Waals surface area contributed by atoms with Crippen LogP contribution in [0.15, 0.2) is 35.2 Å². The third-order valence-electron chi connectivity index (χ3n) is 4.65. The zero-order valence-electron chi connectivity index (χ0n) is 16.7. The average molecular weight is 390 g/mol. The summed E-state index contributed by atoms with van der Waals surface area (Å²) >= 11 is 0. The van der Waals surface area contributed by atoms with Crippen LogP contribution < -0.4 is 10.6 Å². The van der Waals surface area contributed by atoms with E-state index in [1.165, 1.54) is 18.4 Å². The SMILES string of the molecule is Cc1ccc(NC(=O)CNc2cc(S(=O)(=O)N(C)C)cc(C)c2C)cc1C. The first kappa shape index (κ1) is 20.9. The van der Waals surface area contributed by atoms with Gasteiger partial charge in [0.1, 0.15) is 0 Å². The molecule has 0 aliphatic carbocycles. The molecule has 0 bridgehead atoms. The van der Waals surface area contributed by atoms with Crippen molar-refractivity contribution in [2.75, 3.05) is 31.3 Å². The van der Waals surface area contributed by atoms with Crippen molar-refractivity contribution < 1.29 is 13.2 Å². The van der Waals surface area contributed by atoms with Gasteiger partial charge in [-0.05, 0) is 74.2 Å². The number of nitrogens with one attached hydrogen (secondary N) is 2. The van der Waals surface area contributed by atoms with Gasteiger partial charge >= 0.3 is 0 Å². The van der Waals surface area contributed by atoms with Crippen molar-refractivity contribution in [2.24, 2.45) is 0 Å². The Hall–Kier alpha value is -2.38. The van der Waals surface area contributed by atoms with E-state index in [1.807, 2.05) is 45.9 Å². The number of aryl methyl sites for hydroxylation is 3.